The molecule has 9 heteroatoms. The zero-order chi connectivity index (χ0) is 22.6. The molecule has 0 N–H and O–H groups in total. The lowest BCUT2D eigenvalue weighted by atomic mass is 10.2. The second kappa shape index (κ2) is 9.81. The summed E-state index contributed by atoms with van der Waals surface area (Å²) in [5, 5.41) is 6.73. The monoisotopic (exact) mass is 471 g/mol. The number of hydrogen-bond donors (Lipinski definition) is 0. The molecular weight excluding hydrogens is 446 g/mol. The second-order valence-corrected chi connectivity index (χ2v) is 10.8. The van der Waals surface area contributed by atoms with Crippen LogP contribution in [0.2, 0.25) is 0 Å². The minimum Gasteiger partial charge on any atom is -0.383 e. The fraction of sp³-hybridized carbons (Fsp3) is 0.304. The molecule has 3 aromatic rings. The number of amides is 1. The Kier molecular flexibility index (Phi) is 6.88. The van der Waals surface area contributed by atoms with E-state index < -0.39 is 9.84 Å². The van der Waals surface area contributed by atoms with E-state index in [4.69, 9.17) is 9.84 Å². The smallest absolute Gasteiger partial charge is 0.246 e. The zero-order valence-electron chi connectivity index (χ0n) is 17.8. The predicted octanol–water partition coefficient (Wildman–Crippen LogP) is 3.28. The van der Waals surface area contributed by atoms with Crippen LogP contribution >= 0.6 is 11.3 Å². The van der Waals surface area contributed by atoms with Crippen LogP contribution in [0.1, 0.15) is 12.0 Å². The molecule has 1 atom stereocenters. The summed E-state index contributed by atoms with van der Waals surface area (Å²) in [5.41, 5.74) is 2.53. The predicted molar refractivity (Wildman–Crippen MR) is 127 cm³/mol. The summed E-state index contributed by atoms with van der Waals surface area (Å²) in [6.07, 6.45) is 5.61. The number of carbonyl (C=O) groups excluding carboxylic acids is 1. The number of hydrogen-bond acceptors (Lipinski definition) is 6. The molecule has 0 radical (unpaired) electrons. The van der Waals surface area contributed by atoms with Gasteiger partial charge in [0.1, 0.15) is 5.69 Å². The number of aromatic nitrogens is 2. The first kappa shape index (κ1) is 22.4. The first-order valence-electron chi connectivity index (χ1n) is 10.3. The Morgan fingerprint density at radius 1 is 1.28 bits per heavy atom. The summed E-state index contributed by atoms with van der Waals surface area (Å²) in [7, 11) is -1.54. The molecule has 2 aromatic heterocycles. The van der Waals surface area contributed by atoms with Gasteiger partial charge in [-0.1, -0.05) is 24.3 Å². The van der Waals surface area contributed by atoms with Gasteiger partial charge in [-0.15, -0.1) is 11.3 Å². The van der Waals surface area contributed by atoms with Crippen LogP contribution in [0.25, 0.3) is 22.3 Å². The average molecular weight is 472 g/mol. The van der Waals surface area contributed by atoms with Gasteiger partial charge in [-0.3, -0.25) is 4.79 Å². The van der Waals surface area contributed by atoms with Gasteiger partial charge in [0.15, 0.2) is 9.84 Å². The van der Waals surface area contributed by atoms with E-state index in [1.165, 1.54) is 6.08 Å². The standard InChI is InChI=1S/C23H25N3O4S2/c1-30-13-12-25(20-11-15-32(28,29)17-20)22(27)10-9-18-16-26(19-6-3-2-4-7-19)24-23(18)21-8-5-14-31-21/h2-10,14,16,20H,11-13,15,17H2,1H3/b10-9+. The topological polar surface area (TPSA) is 81.5 Å². The summed E-state index contributed by atoms with van der Waals surface area (Å²) in [6, 6.07) is 13.4. The molecule has 1 aromatic carbocycles. The molecule has 0 spiro atoms. The van der Waals surface area contributed by atoms with Crippen LogP contribution in [0.3, 0.4) is 0 Å². The highest BCUT2D eigenvalue weighted by Gasteiger charge is 2.33. The molecule has 1 amide bonds. The summed E-state index contributed by atoms with van der Waals surface area (Å²) in [5.74, 6) is -0.110. The number of methoxy groups -OCH3 is 1. The summed E-state index contributed by atoms with van der Waals surface area (Å²) < 4.78 is 30.8. The fourth-order valence-corrected chi connectivity index (χ4v) is 6.23. The van der Waals surface area contributed by atoms with Crippen LogP contribution in [-0.2, 0) is 19.4 Å². The van der Waals surface area contributed by atoms with E-state index in [-0.39, 0.29) is 23.5 Å². The summed E-state index contributed by atoms with van der Waals surface area (Å²) in [4.78, 5) is 15.7. The molecule has 1 saturated heterocycles. The van der Waals surface area contributed by atoms with E-state index in [0.29, 0.717) is 19.6 Å². The quantitative estimate of drug-likeness (QED) is 0.471. The molecule has 32 heavy (non-hydrogen) atoms. The van der Waals surface area contributed by atoms with Gasteiger partial charge in [-0.05, 0) is 36.1 Å². The molecular formula is C23H25N3O4S2. The minimum atomic E-state index is -3.10. The average Bonchev–Trinajstić information content (AvgIpc) is 3.53. The molecule has 168 valence electrons. The first-order valence-corrected chi connectivity index (χ1v) is 13.0. The van der Waals surface area contributed by atoms with Crippen LogP contribution < -0.4 is 0 Å². The van der Waals surface area contributed by atoms with Crippen molar-refractivity contribution in [3.8, 4) is 16.3 Å². The number of carbonyl (C=O) groups is 1. The Hall–Kier alpha value is -2.75. The number of rotatable bonds is 8. The Bertz CT molecular complexity index is 1190. The maximum Gasteiger partial charge on any atom is 0.246 e. The minimum absolute atomic E-state index is 0.00266. The van der Waals surface area contributed by atoms with Crippen molar-refractivity contribution in [1.29, 1.82) is 0 Å². The molecule has 1 unspecified atom stereocenters. The number of sulfone groups is 1. The van der Waals surface area contributed by atoms with Gasteiger partial charge in [-0.25, -0.2) is 13.1 Å². The normalized spacial score (nSPS) is 17.7. The molecule has 0 bridgehead atoms. The van der Waals surface area contributed by atoms with E-state index >= 15 is 0 Å². The molecule has 3 heterocycles. The summed E-state index contributed by atoms with van der Waals surface area (Å²) >= 11 is 1.58. The second-order valence-electron chi connectivity index (χ2n) is 7.61. The Balaban J connectivity index is 1.62. The van der Waals surface area contributed by atoms with Gasteiger partial charge in [0.05, 0.1) is 28.7 Å². The van der Waals surface area contributed by atoms with Crippen LogP contribution in [0.4, 0.5) is 0 Å². The third-order valence-electron chi connectivity index (χ3n) is 5.39. The molecule has 1 aliphatic heterocycles. The number of ether oxygens (including phenoxy) is 1. The highest BCUT2D eigenvalue weighted by Crippen LogP contribution is 2.29. The van der Waals surface area contributed by atoms with Crippen molar-refractivity contribution < 1.29 is 17.9 Å². The van der Waals surface area contributed by atoms with E-state index in [1.807, 2.05) is 54.0 Å². The van der Waals surface area contributed by atoms with Gasteiger partial charge >= 0.3 is 0 Å². The van der Waals surface area contributed by atoms with Gasteiger partial charge < -0.3 is 9.64 Å². The van der Waals surface area contributed by atoms with Crippen LogP contribution in [0.15, 0.2) is 60.1 Å². The lowest BCUT2D eigenvalue weighted by molar-refractivity contribution is -0.128. The van der Waals surface area contributed by atoms with Crippen LogP contribution in [0, 0.1) is 0 Å². The van der Waals surface area contributed by atoms with Crippen LogP contribution in [0.5, 0.6) is 0 Å². The molecule has 4 rings (SSSR count). The van der Waals surface area contributed by atoms with E-state index in [2.05, 4.69) is 0 Å². The van der Waals surface area contributed by atoms with Gasteiger partial charge in [0, 0.05) is 37.5 Å². The van der Waals surface area contributed by atoms with Crippen molar-refractivity contribution in [1.82, 2.24) is 14.7 Å². The van der Waals surface area contributed by atoms with Crippen molar-refractivity contribution >= 4 is 33.2 Å². The van der Waals surface area contributed by atoms with Gasteiger partial charge in [-0.2, -0.15) is 5.10 Å². The van der Waals surface area contributed by atoms with Crippen molar-refractivity contribution in [2.75, 3.05) is 31.8 Å². The number of benzene rings is 1. The van der Waals surface area contributed by atoms with Crippen LogP contribution in [-0.4, -0.2) is 66.8 Å². The van der Waals surface area contributed by atoms with E-state index in [1.54, 1.807) is 34.1 Å². The zero-order valence-corrected chi connectivity index (χ0v) is 19.4. The van der Waals surface area contributed by atoms with Crippen molar-refractivity contribution in [2.45, 2.75) is 12.5 Å². The Morgan fingerprint density at radius 2 is 2.09 bits per heavy atom. The van der Waals surface area contributed by atoms with Crippen molar-refractivity contribution in [3.05, 3.63) is 65.7 Å². The Morgan fingerprint density at radius 3 is 2.75 bits per heavy atom. The van der Waals surface area contributed by atoms with Crippen molar-refractivity contribution in [3.63, 3.8) is 0 Å². The van der Waals surface area contributed by atoms with E-state index in [0.717, 1.165) is 21.8 Å². The number of thiophene rings is 1. The number of nitrogens with zero attached hydrogens (tertiary/aromatic N) is 3. The molecule has 1 fully saturated rings. The molecule has 0 aliphatic carbocycles. The maximum absolute atomic E-state index is 13.1. The molecule has 0 saturated carbocycles. The highest BCUT2D eigenvalue weighted by molar-refractivity contribution is 7.91. The van der Waals surface area contributed by atoms with Gasteiger partial charge in [0.2, 0.25) is 5.91 Å². The Labute approximate surface area is 191 Å². The largest absolute Gasteiger partial charge is 0.383 e. The summed E-state index contributed by atoms with van der Waals surface area (Å²) in [6.45, 7) is 0.698. The molecule has 1 aliphatic rings. The van der Waals surface area contributed by atoms with Gasteiger partial charge in [0.25, 0.3) is 0 Å². The van der Waals surface area contributed by atoms with Crippen molar-refractivity contribution in [2.24, 2.45) is 0 Å². The lowest BCUT2D eigenvalue weighted by Crippen LogP contribution is -2.42. The SMILES string of the molecule is COCCN(C(=O)/C=C/c1cn(-c2ccccc2)nc1-c1cccs1)C1CCS(=O)(=O)C1. The third-order valence-corrected chi connectivity index (χ3v) is 8.02. The highest BCUT2D eigenvalue weighted by atomic mass is 32.2. The van der Waals surface area contributed by atoms with E-state index in [9.17, 15) is 13.2 Å². The molecule has 7 nitrogen and oxygen atoms in total. The first-order chi connectivity index (χ1) is 15.5. The third kappa shape index (κ3) is 5.17. The fourth-order valence-electron chi connectivity index (χ4n) is 3.77. The number of para-hydroxylation sites is 1. The maximum atomic E-state index is 13.1. The lowest BCUT2D eigenvalue weighted by Gasteiger charge is -2.26.